The summed E-state index contributed by atoms with van der Waals surface area (Å²) in [5, 5.41) is 6.16. The lowest BCUT2D eigenvalue weighted by atomic mass is 10.0. The van der Waals surface area contributed by atoms with E-state index in [1.54, 1.807) is 0 Å². The number of nitrogens with zero attached hydrogens (tertiary/aromatic N) is 1. The van der Waals surface area contributed by atoms with Gasteiger partial charge < -0.3 is 10.6 Å². The zero-order valence-electron chi connectivity index (χ0n) is 10.4. The molecular formula is C12H21N3OS. The molecule has 0 aromatic carbocycles. The van der Waals surface area contributed by atoms with Gasteiger partial charge in [-0.1, -0.05) is 0 Å². The first-order valence-electron chi connectivity index (χ1n) is 6.25. The largest absolute Gasteiger partial charge is 0.351 e. The molecule has 2 heterocycles. The van der Waals surface area contributed by atoms with Crippen LogP contribution in [-0.2, 0) is 4.79 Å². The van der Waals surface area contributed by atoms with Crippen molar-refractivity contribution in [3.8, 4) is 0 Å². The second-order valence-corrected chi connectivity index (χ2v) is 5.77. The Hall–Kier alpha value is -0.520. The Morgan fingerprint density at radius 1 is 1.41 bits per heavy atom. The number of hydrogen-bond donors (Lipinski definition) is 2. The molecular weight excluding hydrogens is 234 g/mol. The maximum absolute atomic E-state index is 11.8. The minimum Gasteiger partial charge on any atom is -0.351 e. The average molecular weight is 255 g/mol. The molecule has 1 amide bonds. The summed E-state index contributed by atoms with van der Waals surface area (Å²) in [6, 6.07) is 0. The highest BCUT2D eigenvalue weighted by Crippen LogP contribution is 2.09. The molecule has 2 aliphatic rings. The molecule has 2 aliphatic heterocycles. The number of thioether (sulfide) groups is 1. The molecule has 2 N–H and O–H groups in total. The molecule has 0 aliphatic carbocycles. The zero-order valence-corrected chi connectivity index (χ0v) is 11.2. The fraction of sp³-hybridized carbons (Fsp3) is 0.750. The number of carbonyl (C=O) groups is 1. The van der Waals surface area contributed by atoms with Crippen molar-refractivity contribution in [2.45, 2.75) is 6.92 Å². The fourth-order valence-corrected chi connectivity index (χ4v) is 2.94. The van der Waals surface area contributed by atoms with Crippen molar-refractivity contribution < 1.29 is 4.79 Å². The lowest BCUT2D eigenvalue weighted by molar-refractivity contribution is -0.117. The summed E-state index contributed by atoms with van der Waals surface area (Å²) in [6.07, 6.45) is 0. The normalized spacial score (nSPS) is 20.9. The van der Waals surface area contributed by atoms with E-state index in [9.17, 15) is 4.79 Å². The molecule has 0 atom stereocenters. The summed E-state index contributed by atoms with van der Waals surface area (Å²) < 4.78 is 0. The van der Waals surface area contributed by atoms with Crippen LogP contribution < -0.4 is 10.6 Å². The van der Waals surface area contributed by atoms with Gasteiger partial charge in [0.25, 0.3) is 0 Å². The van der Waals surface area contributed by atoms with Gasteiger partial charge in [0, 0.05) is 56.3 Å². The van der Waals surface area contributed by atoms with Gasteiger partial charge in [-0.15, -0.1) is 0 Å². The SMILES string of the molecule is CC(C(=O)NCCN1CCSCC1)=C1CNC1. The third kappa shape index (κ3) is 3.72. The lowest BCUT2D eigenvalue weighted by Crippen LogP contribution is -2.41. The topological polar surface area (TPSA) is 44.4 Å². The van der Waals surface area contributed by atoms with Gasteiger partial charge in [-0.3, -0.25) is 9.69 Å². The first kappa shape index (κ1) is 12.9. The van der Waals surface area contributed by atoms with Crippen LogP contribution in [0.5, 0.6) is 0 Å². The molecule has 0 spiro atoms. The van der Waals surface area contributed by atoms with Crippen molar-refractivity contribution in [1.29, 1.82) is 0 Å². The van der Waals surface area contributed by atoms with E-state index in [1.165, 1.54) is 17.1 Å². The van der Waals surface area contributed by atoms with E-state index in [1.807, 2.05) is 18.7 Å². The van der Waals surface area contributed by atoms with Crippen LogP contribution in [0.4, 0.5) is 0 Å². The maximum atomic E-state index is 11.8. The highest BCUT2D eigenvalue weighted by molar-refractivity contribution is 7.99. The molecule has 0 unspecified atom stereocenters. The van der Waals surface area contributed by atoms with Crippen LogP contribution in [0.25, 0.3) is 0 Å². The number of hydrogen-bond acceptors (Lipinski definition) is 4. The van der Waals surface area contributed by atoms with E-state index < -0.39 is 0 Å². The monoisotopic (exact) mass is 255 g/mol. The van der Waals surface area contributed by atoms with Crippen LogP contribution in [0.2, 0.25) is 0 Å². The van der Waals surface area contributed by atoms with E-state index in [0.29, 0.717) is 0 Å². The molecule has 96 valence electrons. The number of carbonyl (C=O) groups excluding carboxylic acids is 1. The average Bonchev–Trinajstić information content (AvgIpc) is 2.28. The Kier molecular flexibility index (Phi) is 4.88. The number of nitrogens with one attached hydrogen (secondary N) is 2. The van der Waals surface area contributed by atoms with Crippen molar-refractivity contribution in [2.24, 2.45) is 0 Å². The van der Waals surface area contributed by atoms with Crippen LogP contribution in [0.3, 0.4) is 0 Å². The van der Waals surface area contributed by atoms with Crippen LogP contribution >= 0.6 is 11.8 Å². The summed E-state index contributed by atoms with van der Waals surface area (Å²) in [4.78, 5) is 14.2. The first-order chi connectivity index (χ1) is 8.27. The van der Waals surface area contributed by atoms with Crippen LogP contribution in [0, 0.1) is 0 Å². The van der Waals surface area contributed by atoms with Gasteiger partial charge in [0.05, 0.1) is 0 Å². The molecule has 2 fully saturated rings. The standard InChI is InChI=1S/C12H21N3OS/c1-10(11-8-13-9-11)12(16)14-2-3-15-4-6-17-7-5-15/h13H,2-9H2,1H3,(H,14,16). The van der Waals surface area contributed by atoms with Gasteiger partial charge in [0.15, 0.2) is 0 Å². The smallest absolute Gasteiger partial charge is 0.247 e. The summed E-state index contributed by atoms with van der Waals surface area (Å²) in [5.74, 6) is 2.55. The first-order valence-corrected chi connectivity index (χ1v) is 7.40. The summed E-state index contributed by atoms with van der Waals surface area (Å²) >= 11 is 2.01. The van der Waals surface area contributed by atoms with Gasteiger partial charge in [-0.05, 0) is 12.5 Å². The van der Waals surface area contributed by atoms with Crippen molar-refractivity contribution in [3.63, 3.8) is 0 Å². The van der Waals surface area contributed by atoms with Crippen molar-refractivity contribution >= 4 is 17.7 Å². The highest BCUT2D eigenvalue weighted by Gasteiger charge is 2.16. The Morgan fingerprint density at radius 3 is 2.71 bits per heavy atom. The van der Waals surface area contributed by atoms with Crippen molar-refractivity contribution in [3.05, 3.63) is 11.1 Å². The van der Waals surface area contributed by atoms with Crippen molar-refractivity contribution in [1.82, 2.24) is 15.5 Å². The van der Waals surface area contributed by atoms with E-state index in [0.717, 1.165) is 44.8 Å². The van der Waals surface area contributed by atoms with Crippen molar-refractivity contribution in [2.75, 3.05) is 50.8 Å². The third-order valence-electron chi connectivity index (χ3n) is 3.36. The van der Waals surface area contributed by atoms with E-state index in [-0.39, 0.29) is 5.91 Å². The summed E-state index contributed by atoms with van der Waals surface area (Å²) in [6.45, 7) is 7.73. The quantitative estimate of drug-likeness (QED) is 0.698. The molecule has 4 nitrogen and oxygen atoms in total. The molecule has 2 saturated heterocycles. The highest BCUT2D eigenvalue weighted by atomic mass is 32.2. The summed E-state index contributed by atoms with van der Waals surface area (Å²) in [5.41, 5.74) is 2.15. The molecule has 0 aromatic heterocycles. The minimum absolute atomic E-state index is 0.105. The Morgan fingerprint density at radius 2 is 2.12 bits per heavy atom. The molecule has 5 heteroatoms. The predicted molar refractivity (Wildman–Crippen MR) is 72.3 cm³/mol. The molecule has 0 bridgehead atoms. The van der Waals surface area contributed by atoms with E-state index in [2.05, 4.69) is 15.5 Å². The lowest BCUT2D eigenvalue weighted by Gasteiger charge is -2.26. The van der Waals surface area contributed by atoms with E-state index in [4.69, 9.17) is 0 Å². The van der Waals surface area contributed by atoms with E-state index >= 15 is 0 Å². The van der Waals surface area contributed by atoms with Crippen LogP contribution in [-0.4, -0.2) is 61.6 Å². The number of rotatable bonds is 4. The van der Waals surface area contributed by atoms with Gasteiger partial charge in [0.2, 0.25) is 5.91 Å². The zero-order chi connectivity index (χ0) is 12.1. The second kappa shape index (κ2) is 6.42. The van der Waals surface area contributed by atoms with Gasteiger partial charge in [0.1, 0.15) is 0 Å². The summed E-state index contributed by atoms with van der Waals surface area (Å²) in [7, 11) is 0. The van der Waals surface area contributed by atoms with Crippen LogP contribution in [0.1, 0.15) is 6.92 Å². The fourth-order valence-electron chi connectivity index (χ4n) is 1.96. The molecule has 0 radical (unpaired) electrons. The maximum Gasteiger partial charge on any atom is 0.247 e. The Balaban J connectivity index is 1.65. The molecule has 17 heavy (non-hydrogen) atoms. The van der Waals surface area contributed by atoms with Crippen LogP contribution in [0.15, 0.2) is 11.1 Å². The van der Waals surface area contributed by atoms with Gasteiger partial charge in [-0.2, -0.15) is 11.8 Å². The number of amides is 1. The van der Waals surface area contributed by atoms with Gasteiger partial charge >= 0.3 is 0 Å². The molecule has 0 saturated carbocycles. The third-order valence-corrected chi connectivity index (χ3v) is 4.31. The second-order valence-electron chi connectivity index (χ2n) is 4.54. The van der Waals surface area contributed by atoms with Gasteiger partial charge in [-0.25, -0.2) is 0 Å². The Bertz CT molecular complexity index is 305. The predicted octanol–water partition coefficient (Wildman–Crippen LogP) is 0.0711. The molecule has 0 aromatic rings. The Labute approximate surface area is 107 Å². The minimum atomic E-state index is 0.105. The molecule has 2 rings (SSSR count).